The van der Waals surface area contributed by atoms with Crippen LogP contribution in [-0.4, -0.2) is 30.1 Å². The molecule has 0 atom stereocenters. The Hall–Kier alpha value is -1.60. The summed E-state index contributed by atoms with van der Waals surface area (Å²) in [6.07, 6.45) is 2.74. The van der Waals surface area contributed by atoms with Crippen molar-refractivity contribution < 1.29 is 13.2 Å². The van der Waals surface area contributed by atoms with Gasteiger partial charge in [-0.15, -0.1) is 0 Å². The van der Waals surface area contributed by atoms with Crippen molar-refractivity contribution in [3.8, 4) is 5.88 Å². The number of methoxy groups -OCH3 is 1. The molecule has 96 valence electrons. The van der Waals surface area contributed by atoms with Crippen LogP contribution in [0.15, 0.2) is 35.7 Å². The Balaban J connectivity index is 2.21. The van der Waals surface area contributed by atoms with Crippen molar-refractivity contribution in [3.05, 3.63) is 36.4 Å². The van der Waals surface area contributed by atoms with Gasteiger partial charge in [-0.1, -0.05) is 6.07 Å². The fourth-order valence-corrected chi connectivity index (χ4v) is 2.07. The van der Waals surface area contributed by atoms with Crippen LogP contribution in [0.1, 0.15) is 5.69 Å². The van der Waals surface area contributed by atoms with E-state index < -0.39 is 9.05 Å². The first-order valence-electron chi connectivity index (χ1n) is 4.95. The summed E-state index contributed by atoms with van der Waals surface area (Å²) in [5.41, 5.74) is 0.727. The minimum absolute atomic E-state index is 0.174. The van der Waals surface area contributed by atoms with Crippen LogP contribution in [0.4, 0.5) is 0 Å². The van der Waals surface area contributed by atoms with Crippen LogP contribution in [0, 0.1) is 0 Å². The van der Waals surface area contributed by atoms with Crippen LogP contribution in [0.3, 0.4) is 0 Å². The SMILES string of the molecule is COc1cccc(Cn2cnc(S(=O)(=O)Cl)c2)n1. The molecule has 18 heavy (non-hydrogen) atoms. The van der Waals surface area contributed by atoms with E-state index in [0.29, 0.717) is 12.4 Å². The van der Waals surface area contributed by atoms with Gasteiger partial charge in [-0.3, -0.25) is 0 Å². The quantitative estimate of drug-likeness (QED) is 0.792. The third kappa shape index (κ3) is 2.99. The second-order valence-corrected chi connectivity index (χ2v) is 6.01. The molecule has 2 heterocycles. The van der Waals surface area contributed by atoms with Crippen molar-refractivity contribution in [3.63, 3.8) is 0 Å². The molecule has 0 aromatic carbocycles. The maximum Gasteiger partial charge on any atom is 0.280 e. The molecule has 2 aromatic heterocycles. The molecular weight excluding hydrogens is 278 g/mol. The first kappa shape index (κ1) is 12.8. The van der Waals surface area contributed by atoms with E-state index in [-0.39, 0.29) is 5.03 Å². The average molecular weight is 288 g/mol. The van der Waals surface area contributed by atoms with Gasteiger partial charge in [-0.05, 0) is 6.07 Å². The van der Waals surface area contributed by atoms with Gasteiger partial charge in [0.15, 0.2) is 5.03 Å². The second-order valence-electron chi connectivity index (χ2n) is 3.49. The van der Waals surface area contributed by atoms with Gasteiger partial charge in [0, 0.05) is 22.9 Å². The first-order chi connectivity index (χ1) is 8.49. The molecule has 0 aliphatic carbocycles. The van der Waals surface area contributed by atoms with Crippen molar-refractivity contribution in [2.45, 2.75) is 11.6 Å². The zero-order valence-corrected chi connectivity index (χ0v) is 11.0. The van der Waals surface area contributed by atoms with Crippen molar-refractivity contribution in [2.75, 3.05) is 7.11 Å². The van der Waals surface area contributed by atoms with E-state index >= 15 is 0 Å². The predicted molar refractivity (Wildman–Crippen MR) is 65.2 cm³/mol. The van der Waals surface area contributed by atoms with Crippen molar-refractivity contribution in [1.82, 2.24) is 14.5 Å². The summed E-state index contributed by atoms with van der Waals surface area (Å²) in [6.45, 7) is 0.386. The van der Waals surface area contributed by atoms with E-state index in [2.05, 4.69) is 9.97 Å². The summed E-state index contributed by atoms with van der Waals surface area (Å²) in [5.74, 6) is 0.498. The smallest absolute Gasteiger partial charge is 0.280 e. The summed E-state index contributed by atoms with van der Waals surface area (Å²) >= 11 is 0. The van der Waals surface area contributed by atoms with Crippen LogP contribution in [0.5, 0.6) is 5.88 Å². The largest absolute Gasteiger partial charge is 0.481 e. The maximum atomic E-state index is 11.1. The van der Waals surface area contributed by atoms with Gasteiger partial charge in [0.25, 0.3) is 9.05 Å². The van der Waals surface area contributed by atoms with Gasteiger partial charge in [-0.2, -0.15) is 0 Å². The molecule has 2 aromatic rings. The van der Waals surface area contributed by atoms with E-state index in [1.54, 1.807) is 22.8 Å². The van der Waals surface area contributed by atoms with Gasteiger partial charge in [-0.25, -0.2) is 18.4 Å². The first-order valence-corrected chi connectivity index (χ1v) is 7.26. The van der Waals surface area contributed by atoms with E-state index in [4.69, 9.17) is 15.4 Å². The number of hydrogen-bond donors (Lipinski definition) is 0. The highest BCUT2D eigenvalue weighted by Gasteiger charge is 2.13. The minimum atomic E-state index is -3.79. The topological polar surface area (TPSA) is 74.1 Å². The molecule has 0 radical (unpaired) electrons. The molecule has 6 nitrogen and oxygen atoms in total. The second kappa shape index (κ2) is 4.95. The Morgan fingerprint density at radius 1 is 1.44 bits per heavy atom. The number of imidazole rings is 1. The van der Waals surface area contributed by atoms with Crippen molar-refractivity contribution >= 4 is 19.7 Å². The van der Waals surface area contributed by atoms with Crippen LogP contribution in [-0.2, 0) is 15.6 Å². The molecule has 0 aliphatic rings. The lowest BCUT2D eigenvalue weighted by Gasteiger charge is -2.03. The Morgan fingerprint density at radius 2 is 2.22 bits per heavy atom. The lowest BCUT2D eigenvalue weighted by molar-refractivity contribution is 0.396. The fourth-order valence-electron chi connectivity index (χ4n) is 1.40. The summed E-state index contributed by atoms with van der Waals surface area (Å²) in [6, 6.07) is 5.33. The lowest BCUT2D eigenvalue weighted by Crippen LogP contribution is -2.00. The number of nitrogens with zero attached hydrogens (tertiary/aromatic N) is 3. The molecule has 0 bridgehead atoms. The van der Waals surface area contributed by atoms with E-state index in [1.807, 2.05) is 0 Å². The van der Waals surface area contributed by atoms with Crippen molar-refractivity contribution in [1.29, 1.82) is 0 Å². The maximum absolute atomic E-state index is 11.1. The summed E-state index contributed by atoms with van der Waals surface area (Å²) in [7, 11) is 2.92. The number of pyridine rings is 1. The Kier molecular flexibility index (Phi) is 3.53. The minimum Gasteiger partial charge on any atom is -0.481 e. The Bertz CT molecular complexity index is 654. The molecule has 0 fully saturated rings. The average Bonchev–Trinajstić information content (AvgIpc) is 2.77. The zero-order valence-electron chi connectivity index (χ0n) is 9.45. The normalized spacial score (nSPS) is 11.4. The third-order valence-electron chi connectivity index (χ3n) is 2.19. The lowest BCUT2D eigenvalue weighted by atomic mass is 10.3. The Morgan fingerprint density at radius 3 is 2.83 bits per heavy atom. The highest BCUT2D eigenvalue weighted by molar-refractivity contribution is 8.13. The Labute approximate surface area is 109 Å². The van der Waals surface area contributed by atoms with E-state index in [0.717, 1.165) is 5.69 Å². The number of halogens is 1. The van der Waals surface area contributed by atoms with Crippen LogP contribution in [0.2, 0.25) is 0 Å². The molecule has 2 rings (SSSR count). The van der Waals surface area contributed by atoms with Gasteiger partial charge in [0.1, 0.15) is 0 Å². The zero-order chi connectivity index (χ0) is 13.2. The number of rotatable bonds is 4. The highest BCUT2D eigenvalue weighted by atomic mass is 35.7. The predicted octanol–water partition coefficient (Wildman–Crippen LogP) is 1.26. The molecule has 8 heteroatoms. The molecule has 0 spiro atoms. The summed E-state index contributed by atoms with van der Waals surface area (Å²) < 4.78 is 28.7. The molecule has 0 saturated heterocycles. The number of hydrogen-bond acceptors (Lipinski definition) is 5. The molecule has 0 N–H and O–H groups in total. The van der Waals surface area contributed by atoms with E-state index in [9.17, 15) is 8.42 Å². The molecule has 0 amide bonds. The highest BCUT2D eigenvalue weighted by Crippen LogP contribution is 2.13. The molecular formula is C10H10ClN3O3S. The van der Waals surface area contributed by atoms with Gasteiger partial charge in [0.05, 0.1) is 25.7 Å². The summed E-state index contributed by atoms with van der Waals surface area (Å²) in [5, 5.41) is -0.174. The number of aromatic nitrogens is 3. The van der Waals surface area contributed by atoms with Gasteiger partial charge in [0.2, 0.25) is 5.88 Å². The van der Waals surface area contributed by atoms with Gasteiger partial charge >= 0.3 is 0 Å². The number of ether oxygens (including phenoxy) is 1. The summed E-state index contributed by atoms with van der Waals surface area (Å²) in [4.78, 5) is 7.91. The standard InChI is InChI=1S/C10H10ClN3O3S/c1-17-9-4-2-3-8(13-9)5-14-6-10(12-7-14)18(11,15)16/h2-4,6-7H,5H2,1H3. The molecule has 0 unspecified atom stereocenters. The van der Waals surface area contributed by atoms with E-state index in [1.165, 1.54) is 19.6 Å². The third-order valence-corrected chi connectivity index (χ3v) is 3.38. The monoisotopic (exact) mass is 287 g/mol. The van der Waals surface area contributed by atoms with Crippen LogP contribution in [0.25, 0.3) is 0 Å². The molecule has 0 saturated carbocycles. The fraction of sp³-hybridized carbons (Fsp3) is 0.200. The molecule has 0 aliphatic heterocycles. The van der Waals surface area contributed by atoms with Gasteiger partial charge < -0.3 is 9.30 Å². The van der Waals surface area contributed by atoms with Crippen LogP contribution >= 0.6 is 10.7 Å². The van der Waals surface area contributed by atoms with Crippen LogP contribution < -0.4 is 4.74 Å². The van der Waals surface area contributed by atoms with Crippen molar-refractivity contribution in [2.24, 2.45) is 0 Å².